The lowest BCUT2D eigenvalue weighted by molar-refractivity contribution is -0.384. The molecule has 0 atom stereocenters. The average Bonchev–Trinajstić information content (AvgIpc) is 2.94. The van der Waals surface area contributed by atoms with E-state index in [4.69, 9.17) is 0 Å². The van der Waals surface area contributed by atoms with E-state index in [9.17, 15) is 18.5 Å². The summed E-state index contributed by atoms with van der Waals surface area (Å²) in [5, 5.41) is 11.2. The Bertz CT molecular complexity index is 1060. The highest BCUT2D eigenvalue weighted by Crippen LogP contribution is 2.29. The number of H-pyrrole nitrogens is 1. The minimum atomic E-state index is -3.89. The van der Waals surface area contributed by atoms with Gasteiger partial charge in [0, 0.05) is 39.4 Å². The van der Waals surface area contributed by atoms with Gasteiger partial charge in [0.15, 0.2) is 0 Å². The second-order valence-corrected chi connectivity index (χ2v) is 7.71. The fraction of sp³-hybridized carbons (Fsp3) is 0.0667. The quantitative estimate of drug-likeness (QED) is 0.502. The first-order valence-electron chi connectivity index (χ1n) is 6.82. The number of anilines is 1. The van der Waals surface area contributed by atoms with Gasteiger partial charge in [-0.2, -0.15) is 0 Å². The van der Waals surface area contributed by atoms with Crippen LogP contribution < -0.4 is 4.72 Å². The Morgan fingerprint density at radius 3 is 2.62 bits per heavy atom. The van der Waals surface area contributed by atoms with Crippen molar-refractivity contribution in [2.24, 2.45) is 0 Å². The van der Waals surface area contributed by atoms with Crippen LogP contribution in [0.3, 0.4) is 0 Å². The number of aromatic nitrogens is 1. The molecule has 0 aliphatic carbocycles. The summed E-state index contributed by atoms with van der Waals surface area (Å²) >= 11 is 3.36. The molecule has 24 heavy (non-hydrogen) atoms. The molecule has 0 bridgehead atoms. The molecule has 0 aliphatic rings. The maximum atomic E-state index is 12.6. The molecule has 9 heteroatoms. The Hall–Kier alpha value is -2.39. The van der Waals surface area contributed by atoms with Gasteiger partial charge in [-0.25, -0.2) is 8.42 Å². The lowest BCUT2D eigenvalue weighted by atomic mass is 10.2. The molecule has 2 aromatic carbocycles. The van der Waals surface area contributed by atoms with Gasteiger partial charge in [-0.3, -0.25) is 14.8 Å². The fourth-order valence-corrected chi connectivity index (χ4v) is 3.80. The molecule has 0 saturated carbocycles. The number of sulfonamides is 1. The summed E-state index contributed by atoms with van der Waals surface area (Å²) in [6, 6.07) is 9.11. The first-order chi connectivity index (χ1) is 11.3. The zero-order valence-corrected chi connectivity index (χ0v) is 14.8. The highest BCUT2D eigenvalue weighted by Gasteiger charge is 2.21. The predicted molar refractivity (Wildman–Crippen MR) is 94.6 cm³/mol. The Morgan fingerprint density at radius 2 is 1.96 bits per heavy atom. The maximum absolute atomic E-state index is 12.6. The molecule has 7 nitrogen and oxygen atoms in total. The lowest BCUT2D eigenvalue weighted by Crippen LogP contribution is -2.12. The Balaban J connectivity index is 2.06. The van der Waals surface area contributed by atoms with Crippen LogP contribution in [0.25, 0.3) is 10.9 Å². The summed E-state index contributed by atoms with van der Waals surface area (Å²) in [5.74, 6) is 0. The van der Waals surface area contributed by atoms with Crippen molar-refractivity contribution in [3.05, 3.63) is 62.7 Å². The van der Waals surface area contributed by atoms with E-state index in [-0.39, 0.29) is 16.0 Å². The standard InChI is InChI=1S/C15H12BrN3O4S/c1-9-6-10(2-4-13(9)16)18-24(22,23)15-8-17-14-5-3-11(19(20)21)7-12(14)15/h2-8,17-18H,1H3. The summed E-state index contributed by atoms with van der Waals surface area (Å²) in [6.45, 7) is 1.84. The molecule has 0 fully saturated rings. The van der Waals surface area contributed by atoms with Crippen molar-refractivity contribution in [2.45, 2.75) is 11.8 Å². The summed E-state index contributed by atoms with van der Waals surface area (Å²) < 4.78 is 28.6. The fourth-order valence-electron chi connectivity index (χ4n) is 2.34. The average molecular weight is 410 g/mol. The summed E-state index contributed by atoms with van der Waals surface area (Å²) in [6.07, 6.45) is 1.32. The van der Waals surface area contributed by atoms with Crippen LogP contribution in [0.5, 0.6) is 0 Å². The molecule has 0 unspecified atom stereocenters. The summed E-state index contributed by atoms with van der Waals surface area (Å²) in [4.78, 5) is 13.1. The van der Waals surface area contributed by atoms with E-state index in [0.717, 1.165) is 10.0 Å². The number of rotatable bonds is 4. The largest absolute Gasteiger partial charge is 0.360 e. The van der Waals surface area contributed by atoms with Crippen LogP contribution in [-0.4, -0.2) is 18.3 Å². The van der Waals surface area contributed by atoms with Crippen molar-refractivity contribution in [3.63, 3.8) is 0 Å². The number of hydrogen-bond acceptors (Lipinski definition) is 4. The van der Waals surface area contributed by atoms with Crippen molar-refractivity contribution < 1.29 is 13.3 Å². The number of halogens is 1. The smallest absolute Gasteiger partial charge is 0.270 e. The normalized spacial score (nSPS) is 11.6. The summed E-state index contributed by atoms with van der Waals surface area (Å²) in [5.41, 5.74) is 1.63. The van der Waals surface area contributed by atoms with E-state index >= 15 is 0 Å². The van der Waals surface area contributed by atoms with E-state index in [1.807, 2.05) is 6.92 Å². The van der Waals surface area contributed by atoms with Crippen molar-refractivity contribution in [1.82, 2.24) is 4.98 Å². The van der Waals surface area contributed by atoms with Gasteiger partial charge in [-0.05, 0) is 36.8 Å². The molecule has 1 heterocycles. The number of nitro groups is 1. The Labute approximate surface area is 146 Å². The van der Waals surface area contributed by atoms with Crippen LogP contribution in [0.4, 0.5) is 11.4 Å². The van der Waals surface area contributed by atoms with Crippen molar-refractivity contribution in [1.29, 1.82) is 0 Å². The van der Waals surface area contributed by atoms with Gasteiger partial charge in [-0.15, -0.1) is 0 Å². The number of hydrogen-bond donors (Lipinski definition) is 2. The minimum absolute atomic E-state index is 0.0400. The first-order valence-corrected chi connectivity index (χ1v) is 9.10. The molecular formula is C15H12BrN3O4S. The molecular weight excluding hydrogens is 398 g/mol. The first kappa shape index (κ1) is 16.5. The van der Waals surface area contributed by atoms with Crippen molar-refractivity contribution in [2.75, 3.05) is 4.72 Å². The van der Waals surface area contributed by atoms with Gasteiger partial charge >= 0.3 is 0 Å². The molecule has 0 radical (unpaired) electrons. The number of aromatic amines is 1. The Kier molecular flexibility index (Phi) is 4.06. The van der Waals surface area contributed by atoms with Gasteiger partial charge in [0.1, 0.15) is 4.90 Å². The number of fused-ring (bicyclic) bond motifs is 1. The van der Waals surface area contributed by atoms with Crippen LogP contribution in [0.2, 0.25) is 0 Å². The molecule has 3 rings (SSSR count). The monoisotopic (exact) mass is 409 g/mol. The van der Waals surface area contributed by atoms with Crippen LogP contribution in [-0.2, 0) is 10.0 Å². The van der Waals surface area contributed by atoms with E-state index in [1.54, 1.807) is 18.2 Å². The minimum Gasteiger partial charge on any atom is -0.360 e. The topological polar surface area (TPSA) is 105 Å². The number of non-ortho nitro benzene ring substituents is 1. The van der Waals surface area contributed by atoms with Gasteiger partial charge in [0.2, 0.25) is 0 Å². The number of benzene rings is 2. The van der Waals surface area contributed by atoms with E-state index in [1.165, 1.54) is 24.4 Å². The predicted octanol–water partition coefficient (Wildman–Crippen LogP) is 3.95. The van der Waals surface area contributed by atoms with Crippen LogP contribution in [0.1, 0.15) is 5.56 Å². The van der Waals surface area contributed by atoms with Crippen molar-refractivity contribution >= 4 is 48.2 Å². The molecule has 2 N–H and O–H groups in total. The summed E-state index contributed by atoms with van der Waals surface area (Å²) in [7, 11) is -3.89. The maximum Gasteiger partial charge on any atom is 0.270 e. The molecule has 0 aliphatic heterocycles. The van der Waals surface area contributed by atoms with Crippen LogP contribution in [0.15, 0.2) is 52.0 Å². The number of aryl methyl sites for hydroxylation is 1. The van der Waals surface area contributed by atoms with E-state index in [0.29, 0.717) is 11.2 Å². The lowest BCUT2D eigenvalue weighted by Gasteiger charge is -2.08. The van der Waals surface area contributed by atoms with E-state index < -0.39 is 14.9 Å². The number of nitrogens with zero attached hydrogens (tertiary/aromatic N) is 1. The third kappa shape index (κ3) is 3.00. The SMILES string of the molecule is Cc1cc(NS(=O)(=O)c2c[nH]c3ccc([N+](=O)[O-])cc23)ccc1Br. The highest BCUT2D eigenvalue weighted by atomic mass is 79.9. The highest BCUT2D eigenvalue weighted by molar-refractivity contribution is 9.10. The van der Waals surface area contributed by atoms with Crippen LogP contribution >= 0.6 is 15.9 Å². The molecule has 124 valence electrons. The number of nitrogens with one attached hydrogen (secondary N) is 2. The van der Waals surface area contributed by atoms with Gasteiger partial charge in [-0.1, -0.05) is 15.9 Å². The third-order valence-electron chi connectivity index (χ3n) is 3.54. The Morgan fingerprint density at radius 1 is 1.21 bits per heavy atom. The molecule has 1 aromatic heterocycles. The van der Waals surface area contributed by atoms with Gasteiger partial charge in [0.25, 0.3) is 15.7 Å². The van der Waals surface area contributed by atoms with E-state index in [2.05, 4.69) is 25.6 Å². The third-order valence-corrected chi connectivity index (χ3v) is 5.85. The zero-order chi connectivity index (χ0) is 17.5. The van der Waals surface area contributed by atoms with Crippen LogP contribution in [0, 0.1) is 17.0 Å². The second-order valence-electron chi connectivity index (χ2n) is 5.21. The number of nitro benzene ring substituents is 1. The molecule has 0 saturated heterocycles. The van der Waals surface area contributed by atoms with Gasteiger partial charge in [0.05, 0.1) is 4.92 Å². The van der Waals surface area contributed by atoms with Crippen molar-refractivity contribution in [3.8, 4) is 0 Å². The zero-order valence-electron chi connectivity index (χ0n) is 12.4. The molecule has 0 amide bonds. The molecule has 3 aromatic rings. The van der Waals surface area contributed by atoms with Gasteiger partial charge < -0.3 is 4.98 Å². The second kappa shape index (κ2) is 5.91. The molecule has 0 spiro atoms.